The first-order valence-corrected chi connectivity index (χ1v) is 6.35. The molecule has 0 unspecified atom stereocenters. The highest BCUT2D eigenvalue weighted by Crippen LogP contribution is 2.29. The molecule has 0 radical (unpaired) electrons. The van der Waals surface area contributed by atoms with E-state index in [9.17, 15) is 14.0 Å². The highest BCUT2D eigenvalue weighted by Gasteiger charge is 2.33. The molecule has 2 amide bonds. The lowest BCUT2D eigenvalue weighted by molar-refractivity contribution is -0.138. The van der Waals surface area contributed by atoms with Crippen molar-refractivity contribution in [1.29, 1.82) is 0 Å². The number of hydrogen-bond acceptors (Lipinski definition) is 3. The molecule has 1 heterocycles. The molecule has 110 valence electrons. The lowest BCUT2D eigenvalue weighted by Crippen LogP contribution is -2.45. The molecule has 0 fully saturated rings. The van der Waals surface area contributed by atoms with Crippen molar-refractivity contribution < 1.29 is 18.7 Å². The number of rotatable bonds is 4. The van der Waals surface area contributed by atoms with Crippen LogP contribution in [0.5, 0.6) is 0 Å². The van der Waals surface area contributed by atoms with Gasteiger partial charge in [-0.1, -0.05) is 30.9 Å². The summed E-state index contributed by atoms with van der Waals surface area (Å²) < 4.78 is 19.0. The lowest BCUT2D eigenvalue weighted by Gasteiger charge is -2.28. The third-order valence-electron chi connectivity index (χ3n) is 3.04. The summed E-state index contributed by atoms with van der Waals surface area (Å²) in [7, 11) is 0. The van der Waals surface area contributed by atoms with Gasteiger partial charge in [0, 0.05) is 11.3 Å². The smallest absolute Gasteiger partial charge is 0.338 e. The number of benzene rings is 1. The van der Waals surface area contributed by atoms with Crippen LogP contribution in [0.3, 0.4) is 0 Å². The minimum atomic E-state index is -0.891. The van der Waals surface area contributed by atoms with E-state index in [2.05, 4.69) is 17.2 Å². The van der Waals surface area contributed by atoms with E-state index < -0.39 is 23.9 Å². The van der Waals surface area contributed by atoms with Gasteiger partial charge in [0.25, 0.3) is 0 Å². The molecule has 21 heavy (non-hydrogen) atoms. The Balaban J connectivity index is 2.43. The minimum Gasteiger partial charge on any atom is -0.458 e. The number of allylic oxidation sites excluding steroid dienone is 1. The van der Waals surface area contributed by atoms with Crippen molar-refractivity contribution in [2.45, 2.75) is 13.0 Å². The van der Waals surface area contributed by atoms with Crippen molar-refractivity contribution >= 4 is 12.0 Å². The Kier molecular flexibility index (Phi) is 4.37. The third kappa shape index (κ3) is 3.10. The lowest BCUT2D eigenvalue weighted by atomic mass is 9.95. The summed E-state index contributed by atoms with van der Waals surface area (Å²) in [6.07, 6.45) is 1.43. The predicted octanol–water partition coefficient (Wildman–Crippen LogP) is 2.18. The molecule has 0 saturated carbocycles. The molecule has 0 aromatic heterocycles. The molecule has 6 heteroatoms. The molecule has 0 saturated heterocycles. The Labute approximate surface area is 121 Å². The van der Waals surface area contributed by atoms with Gasteiger partial charge < -0.3 is 15.4 Å². The molecule has 1 aromatic carbocycles. The maximum absolute atomic E-state index is 14.0. The van der Waals surface area contributed by atoms with Crippen LogP contribution >= 0.6 is 0 Å². The normalized spacial score (nSPS) is 17.8. The van der Waals surface area contributed by atoms with Crippen LogP contribution in [0.2, 0.25) is 0 Å². The van der Waals surface area contributed by atoms with Crippen molar-refractivity contribution in [3.63, 3.8) is 0 Å². The number of ether oxygens (including phenoxy) is 1. The maximum Gasteiger partial charge on any atom is 0.338 e. The number of hydrogen-bond donors (Lipinski definition) is 2. The van der Waals surface area contributed by atoms with Gasteiger partial charge in [0.05, 0.1) is 11.6 Å². The molecule has 0 spiro atoms. The van der Waals surface area contributed by atoms with E-state index in [0.29, 0.717) is 5.70 Å². The number of carbonyl (C=O) groups excluding carboxylic acids is 2. The third-order valence-corrected chi connectivity index (χ3v) is 3.04. The first-order chi connectivity index (χ1) is 10.0. The fraction of sp³-hybridized carbons (Fsp3) is 0.200. The van der Waals surface area contributed by atoms with Gasteiger partial charge in [-0.15, -0.1) is 0 Å². The Morgan fingerprint density at radius 2 is 2.19 bits per heavy atom. The van der Waals surface area contributed by atoms with Crippen LogP contribution in [0, 0.1) is 5.82 Å². The van der Waals surface area contributed by atoms with Crippen molar-refractivity contribution in [1.82, 2.24) is 10.6 Å². The van der Waals surface area contributed by atoms with Gasteiger partial charge in [-0.25, -0.2) is 14.0 Å². The van der Waals surface area contributed by atoms with Gasteiger partial charge in [-0.05, 0) is 13.0 Å². The summed E-state index contributed by atoms with van der Waals surface area (Å²) in [6, 6.07) is 4.56. The van der Waals surface area contributed by atoms with Gasteiger partial charge in [-0.3, -0.25) is 0 Å². The summed E-state index contributed by atoms with van der Waals surface area (Å²) in [5, 5.41) is 5.02. The van der Waals surface area contributed by atoms with Crippen molar-refractivity contribution in [3.05, 3.63) is 59.6 Å². The highest BCUT2D eigenvalue weighted by atomic mass is 19.1. The van der Waals surface area contributed by atoms with Crippen molar-refractivity contribution in [2.75, 3.05) is 6.61 Å². The molecule has 1 aliphatic rings. The quantitative estimate of drug-likeness (QED) is 0.660. The second kappa shape index (κ2) is 6.21. The predicted molar refractivity (Wildman–Crippen MR) is 74.7 cm³/mol. The largest absolute Gasteiger partial charge is 0.458 e. The van der Waals surface area contributed by atoms with Crippen LogP contribution in [0.1, 0.15) is 18.5 Å². The Morgan fingerprint density at radius 1 is 1.48 bits per heavy atom. The van der Waals surface area contributed by atoms with Gasteiger partial charge in [0.1, 0.15) is 12.4 Å². The average molecular weight is 290 g/mol. The number of amides is 2. The molecule has 1 atom stereocenters. The summed E-state index contributed by atoms with van der Waals surface area (Å²) in [4.78, 5) is 23.7. The molecular formula is C15H15FN2O3. The van der Waals surface area contributed by atoms with E-state index in [1.807, 2.05) is 0 Å². The molecule has 0 aliphatic carbocycles. The standard InChI is InChI=1S/C15H15FN2O3/c1-3-8-21-14(19)12-9(2)17-15(20)18-13(12)10-6-4-5-7-11(10)16/h3-7,13H,1,8H2,2H3,(H2,17,18,20)/t13-/m0/s1. The molecule has 0 bridgehead atoms. The highest BCUT2D eigenvalue weighted by molar-refractivity contribution is 5.95. The topological polar surface area (TPSA) is 67.4 Å². The fourth-order valence-corrected chi connectivity index (χ4v) is 2.12. The molecule has 2 N–H and O–H groups in total. The second-order valence-electron chi connectivity index (χ2n) is 4.48. The molecule has 1 aliphatic heterocycles. The summed E-state index contributed by atoms with van der Waals surface area (Å²) in [5.41, 5.74) is 0.708. The first kappa shape index (κ1) is 14.8. The van der Waals surface area contributed by atoms with E-state index in [4.69, 9.17) is 4.74 Å². The van der Waals surface area contributed by atoms with E-state index in [-0.39, 0.29) is 17.7 Å². The number of nitrogens with one attached hydrogen (secondary N) is 2. The summed E-state index contributed by atoms with van der Waals surface area (Å²) >= 11 is 0. The van der Waals surface area contributed by atoms with Crippen LogP contribution in [0.15, 0.2) is 48.2 Å². The Hall–Kier alpha value is -2.63. The van der Waals surface area contributed by atoms with Gasteiger partial charge >= 0.3 is 12.0 Å². The molecule has 1 aromatic rings. The van der Waals surface area contributed by atoms with E-state index >= 15 is 0 Å². The average Bonchev–Trinajstić information content (AvgIpc) is 2.44. The molecule has 2 rings (SSSR count). The Morgan fingerprint density at radius 3 is 2.86 bits per heavy atom. The zero-order chi connectivity index (χ0) is 15.4. The maximum atomic E-state index is 14.0. The van der Waals surface area contributed by atoms with E-state index in [1.54, 1.807) is 13.0 Å². The number of esters is 1. The van der Waals surface area contributed by atoms with E-state index in [1.165, 1.54) is 24.3 Å². The van der Waals surface area contributed by atoms with Crippen LogP contribution in [-0.2, 0) is 9.53 Å². The number of urea groups is 1. The van der Waals surface area contributed by atoms with Crippen LogP contribution in [0.4, 0.5) is 9.18 Å². The van der Waals surface area contributed by atoms with Gasteiger partial charge in [0.15, 0.2) is 0 Å². The van der Waals surface area contributed by atoms with Crippen molar-refractivity contribution in [2.24, 2.45) is 0 Å². The summed E-state index contributed by atoms with van der Waals surface area (Å²) in [5.74, 6) is -1.14. The zero-order valence-corrected chi connectivity index (χ0v) is 11.5. The molecular weight excluding hydrogens is 275 g/mol. The second-order valence-corrected chi connectivity index (χ2v) is 4.48. The summed E-state index contributed by atoms with van der Waals surface area (Å²) in [6.45, 7) is 5.06. The SMILES string of the molecule is C=CCOC(=O)C1=C(C)NC(=O)N[C@H]1c1ccccc1F. The van der Waals surface area contributed by atoms with Crippen LogP contribution < -0.4 is 10.6 Å². The van der Waals surface area contributed by atoms with Crippen molar-refractivity contribution in [3.8, 4) is 0 Å². The zero-order valence-electron chi connectivity index (χ0n) is 11.5. The van der Waals surface area contributed by atoms with Crippen LogP contribution in [-0.4, -0.2) is 18.6 Å². The first-order valence-electron chi connectivity index (χ1n) is 6.35. The monoisotopic (exact) mass is 290 g/mol. The fourth-order valence-electron chi connectivity index (χ4n) is 2.12. The minimum absolute atomic E-state index is 0.0353. The van der Waals surface area contributed by atoms with Gasteiger partial charge in [-0.2, -0.15) is 0 Å². The number of carbonyl (C=O) groups is 2. The number of halogens is 1. The van der Waals surface area contributed by atoms with E-state index in [0.717, 1.165) is 0 Å². The van der Waals surface area contributed by atoms with Crippen LogP contribution in [0.25, 0.3) is 0 Å². The van der Waals surface area contributed by atoms with Gasteiger partial charge in [0.2, 0.25) is 0 Å². The Bertz CT molecular complexity index is 625. The molecule has 5 nitrogen and oxygen atoms in total.